The summed E-state index contributed by atoms with van der Waals surface area (Å²) in [5.41, 5.74) is 6.78. The molecule has 0 fully saturated rings. The molecule has 21 heavy (non-hydrogen) atoms. The summed E-state index contributed by atoms with van der Waals surface area (Å²) >= 11 is 0. The molecule has 0 aliphatic heterocycles. The van der Waals surface area contributed by atoms with Crippen molar-refractivity contribution in [3.8, 4) is 5.75 Å². The molecule has 0 aliphatic carbocycles. The Kier molecular flexibility index (Phi) is 4.45. The Morgan fingerprint density at radius 1 is 1.19 bits per heavy atom. The van der Waals surface area contributed by atoms with Crippen LogP contribution in [0, 0.1) is 0 Å². The summed E-state index contributed by atoms with van der Waals surface area (Å²) in [6.07, 6.45) is 0. The van der Waals surface area contributed by atoms with Gasteiger partial charge < -0.3 is 15.8 Å². The standard InChI is InChI=1S/C14H15N5O2/c1-9(20)16-13-8-7-11(14(15)17-13)19-18-10-5-3-4-6-12(10)21-2/h3-8H,1-2H3,(H3,15,16,17,20)/b19-18+. The monoisotopic (exact) mass is 285 g/mol. The predicted octanol–water partition coefficient (Wildman–Crippen LogP) is 3.05. The first kappa shape index (κ1) is 14.4. The van der Waals surface area contributed by atoms with Gasteiger partial charge in [0.25, 0.3) is 0 Å². The molecule has 0 saturated carbocycles. The van der Waals surface area contributed by atoms with Gasteiger partial charge in [-0.3, -0.25) is 4.79 Å². The quantitative estimate of drug-likeness (QED) is 0.843. The van der Waals surface area contributed by atoms with E-state index in [9.17, 15) is 4.79 Å². The number of nitrogen functional groups attached to an aromatic ring is 1. The third-order valence-corrected chi connectivity index (χ3v) is 2.56. The van der Waals surface area contributed by atoms with E-state index < -0.39 is 0 Å². The molecule has 0 saturated heterocycles. The fourth-order valence-electron chi connectivity index (χ4n) is 1.62. The molecule has 1 amide bonds. The molecule has 0 radical (unpaired) electrons. The number of methoxy groups -OCH3 is 1. The van der Waals surface area contributed by atoms with E-state index in [0.29, 0.717) is 22.9 Å². The summed E-state index contributed by atoms with van der Waals surface area (Å²) in [6, 6.07) is 10.5. The highest BCUT2D eigenvalue weighted by atomic mass is 16.5. The van der Waals surface area contributed by atoms with Gasteiger partial charge in [0.15, 0.2) is 5.82 Å². The number of ether oxygens (including phenoxy) is 1. The number of hydrogen-bond acceptors (Lipinski definition) is 6. The number of rotatable bonds is 4. The zero-order valence-electron chi connectivity index (χ0n) is 11.7. The molecule has 108 valence electrons. The molecule has 7 nitrogen and oxygen atoms in total. The zero-order chi connectivity index (χ0) is 15.2. The topological polar surface area (TPSA) is 102 Å². The van der Waals surface area contributed by atoms with Crippen LogP contribution in [0.1, 0.15) is 6.92 Å². The van der Waals surface area contributed by atoms with Gasteiger partial charge in [0.2, 0.25) is 5.91 Å². The Balaban J connectivity index is 2.23. The summed E-state index contributed by atoms with van der Waals surface area (Å²) in [6.45, 7) is 1.40. The molecular weight excluding hydrogens is 270 g/mol. The van der Waals surface area contributed by atoms with E-state index >= 15 is 0 Å². The molecule has 1 aromatic carbocycles. The molecule has 0 bridgehead atoms. The minimum atomic E-state index is -0.217. The van der Waals surface area contributed by atoms with E-state index in [-0.39, 0.29) is 11.7 Å². The fraction of sp³-hybridized carbons (Fsp3) is 0.143. The van der Waals surface area contributed by atoms with Gasteiger partial charge >= 0.3 is 0 Å². The lowest BCUT2D eigenvalue weighted by Gasteiger charge is -2.04. The summed E-state index contributed by atoms with van der Waals surface area (Å²) < 4.78 is 5.18. The first-order chi connectivity index (χ1) is 10.1. The second-order valence-electron chi connectivity index (χ2n) is 4.15. The van der Waals surface area contributed by atoms with Crippen LogP contribution in [0.5, 0.6) is 5.75 Å². The van der Waals surface area contributed by atoms with Crippen molar-refractivity contribution >= 4 is 28.9 Å². The van der Waals surface area contributed by atoms with Gasteiger partial charge in [-0.05, 0) is 24.3 Å². The average Bonchev–Trinajstić information content (AvgIpc) is 2.46. The highest BCUT2D eigenvalue weighted by Crippen LogP contribution is 2.30. The number of carbonyl (C=O) groups excluding carboxylic acids is 1. The summed E-state index contributed by atoms with van der Waals surface area (Å²) in [4.78, 5) is 15.0. The van der Waals surface area contributed by atoms with Gasteiger partial charge in [-0.1, -0.05) is 12.1 Å². The third kappa shape index (κ3) is 3.75. The number of azo groups is 1. The van der Waals surface area contributed by atoms with E-state index in [1.807, 2.05) is 12.1 Å². The number of pyridine rings is 1. The number of para-hydroxylation sites is 1. The van der Waals surface area contributed by atoms with Crippen LogP contribution in [0.25, 0.3) is 0 Å². The minimum absolute atomic E-state index is 0.180. The van der Waals surface area contributed by atoms with Crippen molar-refractivity contribution in [1.29, 1.82) is 0 Å². The number of nitrogens with two attached hydrogens (primary N) is 1. The number of hydrogen-bond donors (Lipinski definition) is 2. The molecule has 0 atom stereocenters. The van der Waals surface area contributed by atoms with Crippen LogP contribution in [0.3, 0.4) is 0 Å². The van der Waals surface area contributed by atoms with Gasteiger partial charge in [0, 0.05) is 6.92 Å². The molecule has 0 spiro atoms. The normalized spacial score (nSPS) is 10.6. The number of nitrogens with one attached hydrogen (secondary N) is 1. The van der Waals surface area contributed by atoms with Gasteiger partial charge in [0.05, 0.1) is 7.11 Å². The summed E-state index contributed by atoms with van der Waals surface area (Å²) in [7, 11) is 1.56. The van der Waals surface area contributed by atoms with E-state index in [2.05, 4.69) is 20.5 Å². The van der Waals surface area contributed by atoms with Crippen LogP contribution in [-0.4, -0.2) is 18.0 Å². The van der Waals surface area contributed by atoms with Crippen LogP contribution >= 0.6 is 0 Å². The smallest absolute Gasteiger partial charge is 0.222 e. The lowest BCUT2D eigenvalue weighted by Crippen LogP contribution is -2.08. The lowest BCUT2D eigenvalue weighted by molar-refractivity contribution is -0.114. The largest absolute Gasteiger partial charge is 0.494 e. The van der Waals surface area contributed by atoms with E-state index in [0.717, 1.165) is 0 Å². The lowest BCUT2D eigenvalue weighted by atomic mass is 10.3. The summed E-state index contributed by atoms with van der Waals surface area (Å²) in [5.74, 6) is 0.948. The van der Waals surface area contributed by atoms with Crippen LogP contribution in [-0.2, 0) is 4.79 Å². The Morgan fingerprint density at radius 3 is 2.57 bits per heavy atom. The van der Waals surface area contributed by atoms with E-state index in [1.165, 1.54) is 6.92 Å². The molecule has 3 N–H and O–H groups in total. The van der Waals surface area contributed by atoms with Crippen molar-refractivity contribution in [2.24, 2.45) is 10.2 Å². The fourth-order valence-corrected chi connectivity index (χ4v) is 1.62. The van der Waals surface area contributed by atoms with Crippen molar-refractivity contribution in [1.82, 2.24) is 4.98 Å². The first-order valence-electron chi connectivity index (χ1n) is 6.19. The van der Waals surface area contributed by atoms with E-state index in [4.69, 9.17) is 10.5 Å². The molecule has 0 unspecified atom stereocenters. The Labute approximate surface area is 121 Å². The molecule has 0 aliphatic rings. The molecule has 1 aromatic heterocycles. The minimum Gasteiger partial charge on any atom is -0.494 e. The number of benzene rings is 1. The van der Waals surface area contributed by atoms with Crippen molar-refractivity contribution in [3.63, 3.8) is 0 Å². The Hall–Kier alpha value is -2.96. The maximum atomic E-state index is 10.9. The molecule has 1 heterocycles. The van der Waals surface area contributed by atoms with Crippen LogP contribution in [0.4, 0.5) is 23.0 Å². The number of nitrogens with zero attached hydrogens (tertiary/aromatic N) is 3. The number of amides is 1. The molecule has 2 rings (SSSR count). The second kappa shape index (κ2) is 6.47. The third-order valence-electron chi connectivity index (χ3n) is 2.56. The molecule has 7 heteroatoms. The molecular formula is C14H15N5O2. The number of aromatic nitrogens is 1. The van der Waals surface area contributed by atoms with Gasteiger partial charge in [-0.2, -0.15) is 0 Å². The van der Waals surface area contributed by atoms with Crippen molar-refractivity contribution < 1.29 is 9.53 Å². The van der Waals surface area contributed by atoms with Crippen LogP contribution < -0.4 is 15.8 Å². The average molecular weight is 285 g/mol. The highest BCUT2D eigenvalue weighted by molar-refractivity contribution is 5.88. The maximum Gasteiger partial charge on any atom is 0.222 e. The van der Waals surface area contributed by atoms with E-state index in [1.54, 1.807) is 31.4 Å². The SMILES string of the molecule is COc1ccccc1/N=N/c1ccc(NC(C)=O)nc1N. The van der Waals surface area contributed by atoms with Crippen molar-refractivity contribution in [2.75, 3.05) is 18.2 Å². The first-order valence-corrected chi connectivity index (χ1v) is 6.19. The van der Waals surface area contributed by atoms with Gasteiger partial charge in [0.1, 0.15) is 22.9 Å². The maximum absolute atomic E-state index is 10.9. The number of anilines is 2. The zero-order valence-corrected chi connectivity index (χ0v) is 11.7. The van der Waals surface area contributed by atoms with Gasteiger partial charge in [-0.15, -0.1) is 10.2 Å². The van der Waals surface area contributed by atoms with Crippen molar-refractivity contribution in [3.05, 3.63) is 36.4 Å². The van der Waals surface area contributed by atoms with Crippen LogP contribution in [0.2, 0.25) is 0 Å². The van der Waals surface area contributed by atoms with Gasteiger partial charge in [-0.25, -0.2) is 4.98 Å². The second-order valence-corrected chi connectivity index (χ2v) is 4.15. The highest BCUT2D eigenvalue weighted by Gasteiger charge is 2.04. The summed E-state index contributed by atoms with van der Waals surface area (Å²) in [5, 5.41) is 10.7. The van der Waals surface area contributed by atoms with Crippen LogP contribution in [0.15, 0.2) is 46.6 Å². The number of carbonyl (C=O) groups is 1. The van der Waals surface area contributed by atoms with Crippen molar-refractivity contribution in [2.45, 2.75) is 6.92 Å². The molecule has 2 aromatic rings. The Bertz CT molecular complexity index is 685. The Morgan fingerprint density at radius 2 is 1.90 bits per heavy atom. The predicted molar refractivity (Wildman–Crippen MR) is 80.1 cm³/mol.